The van der Waals surface area contributed by atoms with Crippen LogP contribution in [0, 0.1) is 5.92 Å². The van der Waals surface area contributed by atoms with Crippen molar-refractivity contribution >= 4 is 17.3 Å². The summed E-state index contributed by atoms with van der Waals surface area (Å²) < 4.78 is 5.43. The molecule has 1 aromatic rings. The molecule has 4 nitrogen and oxygen atoms in total. The Morgan fingerprint density at radius 3 is 2.56 bits per heavy atom. The summed E-state index contributed by atoms with van der Waals surface area (Å²) in [5.41, 5.74) is 1.91. The van der Waals surface area contributed by atoms with Gasteiger partial charge in [-0.2, -0.15) is 0 Å². The van der Waals surface area contributed by atoms with Crippen molar-refractivity contribution in [2.45, 2.75) is 26.3 Å². The maximum Gasteiger partial charge on any atom is 0.221 e. The second kappa shape index (κ2) is 5.87. The number of nitrogens with one attached hydrogen (secondary N) is 2. The molecule has 4 heteroatoms. The minimum atomic E-state index is -0.0474. The zero-order valence-electron chi connectivity index (χ0n) is 10.9. The third-order valence-electron chi connectivity index (χ3n) is 3.20. The van der Waals surface area contributed by atoms with Gasteiger partial charge in [0.05, 0.1) is 6.61 Å². The van der Waals surface area contributed by atoms with E-state index in [1.807, 2.05) is 24.3 Å². The molecule has 1 saturated heterocycles. The van der Waals surface area contributed by atoms with E-state index in [-0.39, 0.29) is 5.91 Å². The zero-order chi connectivity index (χ0) is 13.0. The summed E-state index contributed by atoms with van der Waals surface area (Å²) in [6.07, 6.45) is 1.04. The molecule has 0 spiro atoms. The van der Waals surface area contributed by atoms with E-state index < -0.39 is 0 Å². The maximum absolute atomic E-state index is 10.9. The first kappa shape index (κ1) is 12.9. The minimum Gasteiger partial charge on any atom is -0.382 e. The number of carbonyl (C=O) groups excluding carboxylic acids is 1. The van der Waals surface area contributed by atoms with Gasteiger partial charge in [0.25, 0.3) is 0 Å². The molecule has 2 N–H and O–H groups in total. The molecule has 0 bridgehead atoms. The number of hydrogen-bond acceptors (Lipinski definition) is 3. The van der Waals surface area contributed by atoms with E-state index in [1.165, 1.54) is 6.92 Å². The third kappa shape index (κ3) is 3.47. The average molecular weight is 248 g/mol. The molecule has 1 aliphatic heterocycles. The van der Waals surface area contributed by atoms with Crippen molar-refractivity contribution in [2.24, 2.45) is 5.92 Å². The average Bonchev–Trinajstić information content (AvgIpc) is 2.34. The molecule has 98 valence electrons. The molecule has 0 aliphatic carbocycles. The Morgan fingerprint density at radius 2 is 1.94 bits per heavy atom. The highest BCUT2D eigenvalue weighted by molar-refractivity contribution is 5.88. The molecular weight excluding hydrogens is 228 g/mol. The Hall–Kier alpha value is -1.55. The summed E-state index contributed by atoms with van der Waals surface area (Å²) in [6.45, 7) is 5.35. The van der Waals surface area contributed by atoms with Gasteiger partial charge in [-0.15, -0.1) is 0 Å². The van der Waals surface area contributed by atoms with E-state index in [2.05, 4.69) is 17.6 Å². The van der Waals surface area contributed by atoms with Crippen LogP contribution in [0.2, 0.25) is 0 Å². The Balaban J connectivity index is 1.95. The molecule has 2 unspecified atom stereocenters. The van der Waals surface area contributed by atoms with Gasteiger partial charge in [-0.1, -0.05) is 6.92 Å². The van der Waals surface area contributed by atoms with Crippen LogP contribution in [-0.2, 0) is 9.53 Å². The van der Waals surface area contributed by atoms with Crippen molar-refractivity contribution < 1.29 is 9.53 Å². The van der Waals surface area contributed by atoms with Crippen molar-refractivity contribution in [1.29, 1.82) is 0 Å². The molecule has 0 radical (unpaired) electrons. The van der Waals surface area contributed by atoms with Gasteiger partial charge in [0.2, 0.25) is 5.91 Å². The molecule has 18 heavy (non-hydrogen) atoms. The Labute approximate surface area is 108 Å². The normalized spacial score (nSPS) is 23.4. The van der Waals surface area contributed by atoms with Crippen molar-refractivity contribution in [2.75, 3.05) is 23.8 Å². The molecule has 2 rings (SSSR count). The van der Waals surface area contributed by atoms with Crippen LogP contribution in [0.25, 0.3) is 0 Å². The van der Waals surface area contributed by atoms with E-state index in [0.29, 0.717) is 12.0 Å². The van der Waals surface area contributed by atoms with Crippen molar-refractivity contribution in [3.05, 3.63) is 24.3 Å². The van der Waals surface area contributed by atoms with Crippen LogP contribution in [0.1, 0.15) is 20.3 Å². The highest BCUT2D eigenvalue weighted by Crippen LogP contribution is 2.20. The SMILES string of the molecule is CC(=O)Nc1ccc(NC2CCOCC2C)cc1. The number of carbonyl (C=O) groups is 1. The van der Waals surface area contributed by atoms with Crippen LogP contribution >= 0.6 is 0 Å². The van der Waals surface area contributed by atoms with Crippen LogP contribution in [0.15, 0.2) is 24.3 Å². The number of rotatable bonds is 3. The summed E-state index contributed by atoms with van der Waals surface area (Å²) in [4.78, 5) is 10.9. The topological polar surface area (TPSA) is 50.4 Å². The van der Waals surface area contributed by atoms with Gasteiger partial charge < -0.3 is 15.4 Å². The zero-order valence-corrected chi connectivity index (χ0v) is 10.9. The van der Waals surface area contributed by atoms with Gasteiger partial charge in [0, 0.05) is 30.9 Å². The van der Waals surface area contributed by atoms with Crippen LogP contribution in [0.3, 0.4) is 0 Å². The lowest BCUT2D eigenvalue weighted by molar-refractivity contribution is -0.114. The van der Waals surface area contributed by atoms with E-state index in [0.717, 1.165) is 31.0 Å². The van der Waals surface area contributed by atoms with Gasteiger partial charge in [-0.3, -0.25) is 4.79 Å². The first-order chi connectivity index (χ1) is 8.65. The first-order valence-electron chi connectivity index (χ1n) is 6.37. The Bertz CT molecular complexity index is 403. The summed E-state index contributed by atoms with van der Waals surface area (Å²) in [5, 5.41) is 6.28. The monoisotopic (exact) mass is 248 g/mol. The van der Waals surface area contributed by atoms with E-state index in [9.17, 15) is 4.79 Å². The smallest absolute Gasteiger partial charge is 0.221 e. The van der Waals surface area contributed by atoms with Crippen LogP contribution in [0.5, 0.6) is 0 Å². The van der Waals surface area contributed by atoms with Gasteiger partial charge in [-0.25, -0.2) is 0 Å². The van der Waals surface area contributed by atoms with E-state index in [4.69, 9.17) is 4.74 Å². The number of ether oxygens (including phenoxy) is 1. The maximum atomic E-state index is 10.9. The number of amides is 1. The molecule has 0 saturated carbocycles. The Kier molecular flexibility index (Phi) is 4.20. The van der Waals surface area contributed by atoms with Crippen LogP contribution in [0.4, 0.5) is 11.4 Å². The summed E-state index contributed by atoms with van der Waals surface area (Å²) in [6, 6.07) is 8.27. The predicted octanol–water partition coefficient (Wildman–Crippen LogP) is 2.48. The fraction of sp³-hybridized carbons (Fsp3) is 0.500. The highest BCUT2D eigenvalue weighted by atomic mass is 16.5. The molecule has 2 atom stereocenters. The van der Waals surface area contributed by atoms with Gasteiger partial charge in [0.15, 0.2) is 0 Å². The highest BCUT2D eigenvalue weighted by Gasteiger charge is 2.21. The largest absolute Gasteiger partial charge is 0.382 e. The van der Waals surface area contributed by atoms with E-state index in [1.54, 1.807) is 0 Å². The summed E-state index contributed by atoms with van der Waals surface area (Å²) in [7, 11) is 0. The molecule has 0 aromatic heterocycles. The fourth-order valence-corrected chi connectivity index (χ4v) is 2.16. The lowest BCUT2D eigenvalue weighted by atomic mass is 9.97. The molecular formula is C14H20N2O2. The lowest BCUT2D eigenvalue weighted by Crippen LogP contribution is -2.35. The predicted molar refractivity (Wildman–Crippen MR) is 72.8 cm³/mol. The van der Waals surface area contributed by atoms with Crippen molar-refractivity contribution in [1.82, 2.24) is 0 Å². The number of anilines is 2. The Morgan fingerprint density at radius 1 is 1.28 bits per heavy atom. The van der Waals surface area contributed by atoms with Crippen molar-refractivity contribution in [3.8, 4) is 0 Å². The van der Waals surface area contributed by atoms with E-state index >= 15 is 0 Å². The van der Waals surface area contributed by atoms with Gasteiger partial charge in [-0.05, 0) is 36.6 Å². The third-order valence-corrected chi connectivity index (χ3v) is 3.20. The molecule has 1 aliphatic rings. The van der Waals surface area contributed by atoms with Gasteiger partial charge in [0.1, 0.15) is 0 Å². The first-order valence-corrected chi connectivity index (χ1v) is 6.37. The van der Waals surface area contributed by atoms with Crippen LogP contribution in [-0.4, -0.2) is 25.2 Å². The number of hydrogen-bond donors (Lipinski definition) is 2. The molecule has 1 aromatic carbocycles. The second-order valence-corrected chi connectivity index (χ2v) is 4.85. The quantitative estimate of drug-likeness (QED) is 0.864. The van der Waals surface area contributed by atoms with Crippen molar-refractivity contribution in [3.63, 3.8) is 0 Å². The minimum absolute atomic E-state index is 0.0474. The summed E-state index contributed by atoms with van der Waals surface area (Å²) >= 11 is 0. The second-order valence-electron chi connectivity index (χ2n) is 4.85. The van der Waals surface area contributed by atoms with Gasteiger partial charge >= 0.3 is 0 Å². The molecule has 1 heterocycles. The van der Waals surface area contributed by atoms with Crippen LogP contribution < -0.4 is 10.6 Å². The molecule has 1 amide bonds. The summed E-state index contributed by atoms with van der Waals surface area (Å²) in [5.74, 6) is 0.475. The standard InChI is InChI=1S/C14H20N2O2/c1-10-9-18-8-7-14(10)16-13-5-3-12(4-6-13)15-11(2)17/h3-6,10,14,16H,7-9H2,1-2H3,(H,15,17). The fourth-order valence-electron chi connectivity index (χ4n) is 2.16. The number of benzene rings is 1. The lowest BCUT2D eigenvalue weighted by Gasteiger charge is -2.30. The molecule has 1 fully saturated rings.